The summed E-state index contributed by atoms with van der Waals surface area (Å²) in [5.41, 5.74) is 5.47. The summed E-state index contributed by atoms with van der Waals surface area (Å²) in [7, 11) is 0. The van der Waals surface area contributed by atoms with Gasteiger partial charge in [-0.15, -0.1) is 0 Å². The molecule has 7 heteroatoms. The predicted molar refractivity (Wildman–Crippen MR) is 132 cm³/mol. The number of anilines is 4. The number of halogens is 1. The Morgan fingerprint density at radius 2 is 1.16 bits per heavy atom. The molecule has 0 fully saturated rings. The van der Waals surface area contributed by atoms with E-state index >= 15 is 0 Å². The molecule has 1 heterocycles. The molecule has 5 nitrogen and oxygen atoms in total. The van der Waals surface area contributed by atoms with Crippen LogP contribution in [0.25, 0.3) is 0 Å². The molecule has 156 valence electrons. The molecule has 0 saturated heterocycles. The SMILES string of the molecule is Cc1ccc(Nc2nc(Nc3ccc(C)cc3)nc(SCc3ccc(Br)cc3)n2)cc1. The number of aryl methyl sites for hydroxylation is 2. The third-order valence-electron chi connectivity index (χ3n) is 4.51. The molecule has 0 radical (unpaired) electrons. The molecule has 4 rings (SSSR count). The van der Waals surface area contributed by atoms with Crippen LogP contribution in [0.3, 0.4) is 0 Å². The Balaban J connectivity index is 1.57. The van der Waals surface area contributed by atoms with Crippen molar-refractivity contribution in [1.82, 2.24) is 15.0 Å². The zero-order chi connectivity index (χ0) is 21.6. The Labute approximate surface area is 194 Å². The summed E-state index contributed by atoms with van der Waals surface area (Å²) in [6.07, 6.45) is 0. The van der Waals surface area contributed by atoms with E-state index in [9.17, 15) is 0 Å². The molecule has 0 spiro atoms. The van der Waals surface area contributed by atoms with Gasteiger partial charge in [-0.25, -0.2) is 0 Å². The molecule has 0 saturated carbocycles. The van der Waals surface area contributed by atoms with Crippen molar-refractivity contribution < 1.29 is 0 Å². The molecule has 0 amide bonds. The second-order valence-electron chi connectivity index (χ2n) is 7.16. The summed E-state index contributed by atoms with van der Waals surface area (Å²) in [4.78, 5) is 13.8. The summed E-state index contributed by atoms with van der Waals surface area (Å²) in [5, 5.41) is 7.24. The number of nitrogens with one attached hydrogen (secondary N) is 2. The van der Waals surface area contributed by atoms with Gasteiger partial charge in [0.2, 0.25) is 11.9 Å². The van der Waals surface area contributed by atoms with Crippen molar-refractivity contribution in [3.63, 3.8) is 0 Å². The number of benzene rings is 3. The molecule has 2 N–H and O–H groups in total. The van der Waals surface area contributed by atoms with E-state index in [0.29, 0.717) is 17.1 Å². The van der Waals surface area contributed by atoms with E-state index in [4.69, 9.17) is 0 Å². The molecule has 0 aliphatic rings. The Morgan fingerprint density at radius 3 is 1.65 bits per heavy atom. The smallest absolute Gasteiger partial charge is 0.233 e. The van der Waals surface area contributed by atoms with Gasteiger partial charge in [0.1, 0.15) is 0 Å². The highest BCUT2D eigenvalue weighted by molar-refractivity contribution is 9.10. The van der Waals surface area contributed by atoms with Gasteiger partial charge in [-0.3, -0.25) is 0 Å². The lowest BCUT2D eigenvalue weighted by Gasteiger charge is -2.11. The molecule has 0 bridgehead atoms. The third-order valence-corrected chi connectivity index (χ3v) is 5.96. The zero-order valence-electron chi connectivity index (χ0n) is 17.3. The number of aromatic nitrogens is 3. The van der Waals surface area contributed by atoms with Crippen LogP contribution in [0.1, 0.15) is 16.7 Å². The van der Waals surface area contributed by atoms with Gasteiger partial charge in [-0.05, 0) is 55.8 Å². The molecule has 3 aromatic carbocycles. The normalized spacial score (nSPS) is 10.7. The number of hydrogen-bond acceptors (Lipinski definition) is 6. The minimum Gasteiger partial charge on any atom is -0.324 e. The van der Waals surface area contributed by atoms with Crippen LogP contribution < -0.4 is 10.6 Å². The standard InChI is InChI=1S/C24H22BrN5S/c1-16-3-11-20(12-4-16)26-22-28-23(27-21-13-5-17(2)6-14-21)30-24(29-22)31-15-18-7-9-19(25)10-8-18/h3-14H,15H2,1-2H3,(H2,26,27,28,29,30). The van der Waals surface area contributed by atoms with Crippen LogP contribution in [-0.4, -0.2) is 15.0 Å². The first-order valence-corrected chi connectivity index (χ1v) is 11.6. The largest absolute Gasteiger partial charge is 0.324 e. The quantitative estimate of drug-likeness (QED) is 0.270. The summed E-state index contributed by atoms with van der Waals surface area (Å²) < 4.78 is 1.07. The Bertz CT molecular complexity index is 1080. The van der Waals surface area contributed by atoms with E-state index in [1.807, 2.05) is 36.4 Å². The number of thioether (sulfide) groups is 1. The van der Waals surface area contributed by atoms with Gasteiger partial charge in [0.15, 0.2) is 5.16 Å². The van der Waals surface area contributed by atoms with Crippen molar-refractivity contribution in [2.45, 2.75) is 24.8 Å². The molecule has 1 aromatic heterocycles. The molecule has 0 aliphatic heterocycles. The second kappa shape index (κ2) is 9.94. The molecule has 4 aromatic rings. The lowest BCUT2D eigenvalue weighted by molar-refractivity contribution is 0.920. The number of hydrogen-bond donors (Lipinski definition) is 2. The first kappa shape index (κ1) is 21.3. The average molecular weight is 492 g/mol. The lowest BCUT2D eigenvalue weighted by atomic mass is 10.2. The van der Waals surface area contributed by atoms with E-state index < -0.39 is 0 Å². The van der Waals surface area contributed by atoms with Crippen LogP contribution in [-0.2, 0) is 5.75 Å². The molecular weight excluding hydrogens is 470 g/mol. The van der Waals surface area contributed by atoms with E-state index in [1.165, 1.54) is 16.7 Å². The summed E-state index contributed by atoms with van der Waals surface area (Å²) in [5.74, 6) is 1.78. The van der Waals surface area contributed by atoms with Crippen molar-refractivity contribution in [2.24, 2.45) is 0 Å². The fourth-order valence-electron chi connectivity index (χ4n) is 2.79. The highest BCUT2D eigenvalue weighted by Gasteiger charge is 2.09. The maximum Gasteiger partial charge on any atom is 0.233 e. The van der Waals surface area contributed by atoms with Gasteiger partial charge in [-0.2, -0.15) is 15.0 Å². The van der Waals surface area contributed by atoms with Crippen LogP contribution in [0.4, 0.5) is 23.3 Å². The Kier molecular flexibility index (Phi) is 6.84. The minimum absolute atomic E-state index is 0.506. The van der Waals surface area contributed by atoms with Gasteiger partial charge >= 0.3 is 0 Å². The van der Waals surface area contributed by atoms with Crippen molar-refractivity contribution in [3.05, 3.63) is 94.0 Å². The van der Waals surface area contributed by atoms with Crippen molar-refractivity contribution in [3.8, 4) is 0 Å². The number of rotatable bonds is 7. The van der Waals surface area contributed by atoms with Crippen LogP contribution >= 0.6 is 27.7 Å². The van der Waals surface area contributed by atoms with Gasteiger partial charge in [-0.1, -0.05) is 75.2 Å². The zero-order valence-corrected chi connectivity index (χ0v) is 19.7. The summed E-state index contributed by atoms with van der Waals surface area (Å²) >= 11 is 5.05. The minimum atomic E-state index is 0.506. The molecule has 0 atom stereocenters. The average Bonchev–Trinajstić information content (AvgIpc) is 2.77. The van der Waals surface area contributed by atoms with E-state index in [-0.39, 0.29) is 0 Å². The molecular formula is C24H22BrN5S. The van der Waals surface area contributed by atoms with E-state index in [0.717, 1.165) is 21.6 Å². The summed E-state index contributed by atoms with van der Waals surface area (Å²) in [6.45, 7) is 4.13. The van der Waals surface area contributed by atoms with Crippen molar-refractivity contribution in [2.75, 3.05) is 10.6 Å². The number of nitrogens with zero attached hydrogens (tertiary/aromatic N) is 3. The highest BCUT2D eigenvalue weighted by atomic mass is 79.9. The fraction of sp³-hybridized carbons (Fsp3) is 0.125. The Morgan fingerprint density at radius 1 is 0.677 bits per heavy atom. The second-order valence-corrected chi connectivity index (χ2v) is 9.02. The fourth-order valence-corrected chi connectivity index (χ4v) is 3.85. The lowest BCUT2D eigenvalue weighted by Crippen LogP contribution is -2.05. The topological polar surface area (TPSA) is 62.7 Å². The van der Waals surface area contributed by atoms with Gasteiger partial charge in [0.05, 0.1) is 0 Å². The third kappa shape index (κ3) is 6.29. The maximum absolute atomic E-state index is 4.62. The molecule has 31 heavy (non-hydrogen) atoms. The van der Waals surface area contributed by atoms with Gasteiger partial charge < -0.3 is 10.6 Å². The molecule has 0 unspecified atom stereocenters. The first-order chi connectivity index (χ1) is 15.0. The van der Waals surface area contributed by atoms with Crippen LogP contribution in [0.5, 0.6) is 0 Å². The summed E-state index contributed by atoms with van der Waals surface area (Å²) in [6, 6.07) is 24.5. The van der Waals surface area contributed by atoms with Gasteiger partial charge in [0, 0.05) is 21.6 Å². The highest BCUT2D eigenvalue weighted by Crippen LogP contribution is 2.25. The maximum atomic E-state index is 4.62. The molecule has 0 aliphatic carbocycles. The van der Waals surface area contributed by atoms with Crippen LogP contribution in [0, 0.1) is 13.8 Å². The Hall–Kier alpha value is -2.90. The van der Waals surface area contributed by atoms with Crippen LogP contribution in [0.15, 0.2) is 82.4 Å². The van der Waals surface area contributed by atoms with Crippen molar-refractivity contribution >= 4 is 51.0 Å². The van der Waals surface area contributed by atoms with E-state index in [1.54, 1.807) is 11.8 Å². The first-order valence-electron chi connectivity index (χ1n) is 9.84. The van der Waals surface area contributed by atoms with E-state index in [2.05, 4.69) is 91.8 Å². The predicted octanol–water partition coefficient (Wildman–Crippen LogP) is 7.03. The monoisotopic (exact) mass is 491 g/mol. The van der Waals surface area contributed by atoms with Crippen molar-refractivity contribution in [1.29, 1.82) is 0 Å². The van der Waals surface area contributed by atoms with Gasteiger partial charge in [0.25, 0.3) is 0 Å². The van der Waals surface area contributed by atoms with Crippen LogP contribution in [0.2, 0.25) is 0 Å².